The van der Waals surface area contributed by atoms with E-state index in [2.05, 4.69) is 0 Å². The molecule has 0 radical (unpaired) electrons. The number of carbonyl (C=O) groups is 2. The Kier molecular flexibility index (Phi) is 6.53. The SMILES string of the molecule is COc1ccc2c(c1)/C=C/CC(C)C(O)C(=O)/C=C\CC(C)OC2=O. The molecule has 0 aromatic heterocycles. The number of allylic oxidation sites excluding steroid dienone is 1. The lowest BCUT2D eigenvalue weighted by Crippen LogP contribution is -2.26. The summed E-state index contributed by atoms with van der Waals surface area (Å²) in [7, 11) is 1.56. The Morgan fingerprint density at radius 2 is 1.84 bits per heavy atom. The van der Waals surface area contributed by atoms with Crippen LogP contribution in [0, 0.1) is 5.92 Å². The van der Waals surface area contributed by atoms with Gasteiger partial charge in [0.1, 0.15) is 18.0 Å². The largest absolute Gasteiger partial charge is 0.497 e. The van der Waals surface area contributed by atoms with Gasteiger partial charge in [-0.1, -0.05) is 25.2 Å². The molecule has 1 N–H and O–H groups in total. The predicted molar refractivity (Wildman–Crippen MR) is 95.5 cm³/mol. The van der Waals surface area contributed by atoms with Gasteiger partial charge in [0.2, 0.25) is 0 Å². The standard InChI is InChI=1S/C20H24O5/c1-13-6-4-8-15-12-16(24-3)10-11-17(15)20(23)25-14(2)7-5-9-18(21)19(13)22/h4-5,8-14,19,22H,6-7H2,1-3H3/b8-4+,9-5-. The van der Waals surface area contributed by atoms with Crippen LogP contribution in [0.25, 0.3) is 6.08 Å². The molecule has 0 bridgehead atoms. The van der Waals surface area contributed by atoms with Crippen molar-refractivity contribution in [3.05, 3.63) is 47.6 Å². The summed E-state index contributed by atoms with van der Waals surface area (Å²) < 4.78 is 10.7. The summed E-state index contributed by atoms with van der Waals surface area (Å²) in [5.74, 6) is -0.343. The third-order valence-corrected chi connectivity index (χ3v) is 4.17. The van der Waals surface area contributed by atoms with E-state index in [0.29, 0.717) is 29.7 Å². The van der Waals surface area contributed by atoms with E-state index in [1.807, 2.05) is 13.0 Å². The molecule has 2 rings (SSSR count). The first-order valence-corrected chi connectivity index (χ1v) is 8.36. The van der Waals surface area contributed by atoms with Gasteiger partial charge in [0.05, 0.1) is 12.7 Å². The lowest BCUT2D eigenvalue weighted by Gasteiger charge is -2.16. The van der Waals surface area contributed by atoms with Gasteiger partial charge >= 0.3 is 5.97 Å². The maximum atomic E-state index is 12.4. The fraction of sp³-hybridized carbons (Fsp3) is 0.400. The summed E-state index contributed by atoms with van der Waals surface area (Å²) in [5, 5.41) is 10.1. The second-order valence-corrected chi connectivity index (χ2v) is 6.27. The highest BCUT2D eigenvalue weighted by molar-refractivity contribution is 5.94. The molecular formula is C20H24O5. The molecule has 3 atom stereocenters. The van der Waals surface area contributed by atoms with Crippen molar-refractivity contribution < 1.29 is 24.2 Å². The van der Waals surface area contributed by atoms with E-state index in [1.54, 1.807) is 44.4 Å². The Bertz CT molecular complexity index is 689. The van der Waals surface area contributed by atoms with Crippen LogP contribution >= 0.6 is 0 Å². The first-order chi connectivity index (χ1) is 11.9. The van der Waals surface area contributed by atoms with Crippen LogP contribution in [0.4, 0.5) is 0 Å². The van der Waals surface area contributed by atoms with Gasteiger partial charge in [0.15, 0.2) is 5.78 Å². The molecule has 0 saturated heterocycles. The number of aliphatic hydroxyl groups excluding tert-OH is 1. The molecule has 0 fully saturated rings. The maximum absolute atomic E-state index is 12.4. The quantitative estimate of drug-likeness (QED) is 0.792. The molecule has 5 heteroatoms. The third-order valence-electron chi connectivity index (χ3n) is 4.17. The molecule has 0 saturated carbocycles. The molecule has 3 unspecified atom stereocenters. The van der Waals surface area contributed by atoms with Crippen LogP contribution in [0.3, 0.4) is 0 Å². The van der Waals surface area contributed by atoms with E-state index >= 15 is 0 Å². The smallest absolute Gasteiger partial charge is 0.339 e. The molecule has 0 amide bonds. The van der Waals surface area contributed by atoms with Gasteiger partial charge in [-0.15, -0.1) is 0 Å². The molecule has 1 aliphatic heterocycles. The van der Waals surface area contributed by atoms with E-state index in [9.17, 15) is 14.7 Å². The van der Waals surface area contributed by atoms with Crippen molar-refractivity contribution in [1.82, 2.24) is 0 Å². The van der Waals surface area contributed by atoms with Crippen LogP contribution in [0.1, 0.15) is 42.6 Å². The number of methoxy groups -OCH3 is 1. The molecule has 0 spiro atoms. The van der Waals surface area contributed by atoms with E-state index in [4.69, 9.17) is 9.47 Å². The van der Waals surface area contributed by atoms with Gasteiger partial charge in [0, 0.05) is 6.42 Å². The fourth-order valence-electron chi connectivity index (χ4n) is 2.58. The minimum absolute atomic E-state index is 0.227. The van der Waals surface area contributed by atoms with Crippen LogP contribution in [-0.2, 0) is 9.53 Å². The predicted octanol–water partition coefficient (Wildman–Crippen LogP) is 3.17. The Morgan fingerprint density at radius 1 is 1.12 bits per heavy atom. The Morgan fingerprint density at radius 3 is 2.56 bits per heavy atom. The van der Waals surface area contributed by atoms with E-state index in [1.165, 1.54) is 6.08 Å². The summed E-state index contributed by atoms with van der Waals surface area (Å²) in [5.41, 5.74) is 1.13. The van der Waals surface area contributed by atoms with E-state index < -0.39 is 12.1 Å². The van der Waals surface area contributed by atoms with E-state index in [-0.39, 0.29) is 17.8 Å². The lowest BCUT2D eigenvalue weighted by molar-refractivity contribution is -0.124. The molecule has 1 heterocycles. The normalized spacial score (nSPS) is 27.6. The van der Waals surface area contributed by atoms with Gasteiger partial charge in [-0.3, -0.25) is 4.79 Å². The molecular weight excluding hydrogens is 320 g/mol. The van der Waals surface area contributed by atoms with Crippen LogP contribution in [-0.4, -0.2) is 36.2 Å². The lowest BCUT2D eigenvalue weighted by atomic mass is 9.96. The monoisotopic (exact) mass is 344 g/mol. The second kappa shape index (κ2) is 8.62. The number of rotatable bonds is 1. The molecule has 0 aliphatic carbocycles. The summed E-state index contributed by atoms with van der Waals surface area (Å²) in [6.45, 7) is 3.58. The number of hydrogen-bond acceptors (Lipinski definition) is 5. The van der Waals surface area contributed by atoms with Crippen molar-refractivity contribution in [3.63, 3.8) is 0 Å². The van der Waals surface area contributed by atoms with Crippen LogP contribution in [0.5, 0.6) is 5.75 Å². The number of aliphatic hydroxyl groups is 1. The maximum Gasteiger partial charge on any atom is 0.339 e. The van der Waals surface area contributed by atoms with Crippen molar-refractivity contribution >= 4 is 17.8 Å². The summed E-state index contributed by atoms with van der Waals surface area (Å²) in [6, 6.07) is 5.15. The number of hydrogen-bond donors (Lipinski definition) is 1. The highest BCUT2D eigenvalue weighted by atomic mass is 16.5. The van der Waals surface area contributed by atoms with Crippen LogP contribution in [0.2, 0.25) is 0 Å². The number of ketones is 1. The second-order valence-electron chi connectivity index (χ2n) is 6.27. The van der Waals surface area contributed by atoms with E-state index in [0.717, 1.165) is 0 Å². The minimum atomic E-state index is -1.05. The summed E-state index contributed by atoms with van der Waals surface area (Å²) in [6.07, 6.45) is 6.10. The van der Waals surface area contributed by atoms with Crippen molar-refractivity contribution in [1.29, 1.82) is 0 Å². The number of fused-ring (bicyclic) bond motifs is 1. The summed E-state index contributed by atoms with van der Waals surface area (Å²) in [4.78, 5) is 24.4. The van der Waals surface area contributed by atoms with Gasteiger partial charge < -0.3 is 14.6 Å². The first-order valence-electron chi connectivity index (χ1n) is 8.36. The molecule has 5 nitrogen and oxygen atoms in total. The number of cyclic esters (lactones) is 1. The van der Waals surface area contributed by atoms with Gasteiger partial charge in [-0.2, -0.15) is 0 Å². The zero-order valence-corrected chi connectivity index (χ0v) is 14.8. The molecule has 1 aromatic rings. The number of ether oxygens (including phenoxy) is 2. The zero-order valence-electron chi connectivity index (χ0n) is 14.8. The Hall–Kier alpha value is -2.40. The average molecular weight is 344 g/mol. The Labute approximate surface area is 147 Å². The van der Waals surface area contributed by atoms with Gasteiger partial charge in [-0.05, 0) is 49.1 Å². The van der Waals surface area contributed by atoms with Crippen molar-refractivity contribution in [2.24, 2.45) is 5.92 Å². The van der Waals surface area contributed by atoms with Gasteiger partial charge in [0.25, 0.3) is 0 Å². The first kappa shape index (κ1) is 18.9. The number of benzene rings is 1. The van der Waals surface area contributed by atoms with Crippen molar-refractivity contribution in [2.45, 2.75) is 38.9 Å². The zero-order chi connectivity index (χ0) is 18.4. The number of esters is 1. The van der Waals surface area contributed by atoms with Crippen molar-refractivity contribution in [3.8, 4) is 5.75 Å². The molecule has 25 heavy (non-hydrogen) atoms. The third kappa shape index (κ3) is 5.03. The Balaban J connectivity index is 2.37. The van der Waals surface area contributed by atoms with Crippen LogP contribution < -0.4 is 4.74 Å². The average Bonchev–Trinajstić information content (AvgIpc) is 2.59. The van der Waals surface area contributed by atoms with Gasteiger partial charge in [-0.25, -0.2) is 4.79 Å². The molecule has 1 aromatic carbocycles. The minimum Gasteiger partial charge on any atom is -0.497 e. The molecule has 1 aliphatic rings. The highest BCUT2D eigenvalue weighted by Gasteiger charge is 2.20. The topological polar surface area (TPSA) is 72.8 Å². The highest BCUT2D eigenvalue weighted by Crippen LogP contribution is 2.22. The van der Waals surface area contributed by atoms with Crippen LogP contribution in [0.15, 0.2) is 36.4 Å². The fourth-order valence-corrected chi connectivity index (χ4v) is 2.58. The molecule has 134 valence electrons. The number of carbonyl (C=O) groups excluding carboxylic acids is 2. The van der Waals surface area contributed by atoms with Crippen molar-refractivity contribution in [2.75, 3.05) is 7.11 Å². The summed E-state index contributed by atoms with van der Waals surface area (Å²) >= 11 is 0.